The fourth-order valence-electron chi connectivity index (χ4n) is 2.23. The number of amides is 2. The average molecular weight is 437 g/mol. The van der Waals surface area contributed by atoms with Crippen molar-refractivity contribution >= 4 is 53.1 Å². The number of furan rings is 1. The lowest BCUT2D eigenvalue weighted by atomic mass is 9.94. The number of aryl methyl sites for hydroxylation is 1. The number of rotatable bonds is 8. The van der Waals surface area contributed by atoms with E-state index in [2.05, 4.69) is 15.6 Å². The summed E-state index contributed by atoms with van der Waals surface area (Å²) in [6.45, 7) is 6.17. The smallest absolute Gasteiger partial charge is 0.260 e. The minimum absolute atomic E-state index is 0. The molecule has 0 saturated carbocycles. The molecule has 0 aliphatic carbocycles. The summed E-state index contributed by atoms with van der Waals surface area (Å²) in [7, 11) is 0. The Bertz CT molecular complexity index is 744. The first kappa shape index (κ1) is 25.4. The highest BCUT2D eigenvalue weighted by molar-refractivity contribution is 7.14. The molecule has 0 saturated heterocycles. The maximum atomic E-state index is 12.1. The summed E-state index contributed by atoms with van der Waals surface area (Å²) in [4.78, 5) is 28.4. The normalized spacial score (nSPS) is 10.5. The molecule has 2 aromatic rings. The van der Waals surface area contributed by atoms with Crippen LogP contribution in [0.3, 0.4) is 0 Å². The molecule has 152 valence electrons. The SMILES string of the molecule is CCC(N)(CC)CNC(=O)Cc1csc(NC(=O)c2ccoc2C)n1.Cl.Cl. The van der Waals surface area contributed by atoms with E-state index in [1.54, 1.807) is 18.4 Å². The van der Waals surface area contributed by atoms with Crippen LogP contribution in [0.4, 0.5) is 5.13 Å². The molecular weight excluding hydrogens is 411 g/mol. The van der Waals surface area contributed by atoms with Crippen molar-refractivity contribution in [2.75, 3.05) is 11.9 Å². The van der Waals surface area contributed by atoms with E-state index in [9.17, 15) is 9.59 Å². The highest BCUT2D eigenvalue weighted by atomic mass is 35.5. The highest BCUT2D eigenvalue weighted by Gasteiger charge is 2.21. The van der Waals surface area contributed by atoms with Crippen molar-refractivity contribution in [1.29, 1.82) is 0 Å². The number of anilines is 1. The van der Waals surface area contributed by atoms with Crippen molar-refractivity contribution in [3.05, 3.63) is 34.7 Å². The van der Waals surface area contributed by atoms with Crippen molar-refractivity contribution in [3.63, 3.8) is 0 Å². The van der Waals surface area contributed by atoms with Crippen LogP contribution < -0.4 is 16.4 Å². The standard InChI is InChI=1S/C17H24N4O3S.2ClH/c1-4-17(18,5-2)10-19-14(22)8-12-9-25-16(20-12)21-15(23)13-6-7-24-11(13)3;;/h6-7,9H,4-5,8,10,18H2,1-3H3,(H,19,22)(H,20,21,23);2*1H. The van der Waals surface area contributed by atoms with Gasteiger partial charge in [0.15, 0.2) is 5.13 Å². The third kappa shape index (κ3) is 7.14. The summed E-state index contributed by atoms with van der Waals surface area (Å²) in [5.74, 6) is 0.131. The van der Waals surface area contributed by atoms with Gasteiger partial charge in [-0.2, -0.15) is 0 Å². The molecule has 2 rings (SSSR count). The van der Waals surface area contributed by atoms with Crippen molar-refractivity contribution in [2.24, 2.45) is 5.73 Å². The van der Waals surface area contributed by atoms with Crippen molar-refractivity contribution in [2.45, 2.75) is 45.6 Å². The van der Waals surface area contributed by atoms with Gasteiger partial charge >= 0.3 is 0 Å². The van der Waals surface area contributed by atoms with Gasteiger partial charge in [-0.05, 0) is 25.8 Å². The van der Waals surface area contributed by atoms with Gasteiger partial charge in [0.2, 0.25) is 5.91 Å². The zero-order valence-electron chi connectivity index (χ0n) is 15.5. The Kier molecular flexibility index (Phi) is 10.6. The predicted molar refractivity (Wildman–Crippen MR) is 112 cm³/mol. The molecule has 0 radical (unpaired) electrons. The second-order valence-corrected chi connectivity index (χ2v) is 6.87. The third-order valence-electron chi connectivity index (χ3n) is 4.26. The number of aromatic nitrogens is 1. The number of nitrogens with one attached hydrogen (secondary N) is 2. The maximum Gasteiger partial charge on any atom is 0.260 e. The van der Waals surface area contributed by atoms with E-state index in [1.165, 1.54) is 17.6 Å². The molecular formula is C17H26Cl2N4O3S. The van der Waals surface area contributed by atoms with Gasteiger partial charge in [-0.15, -0.1) is 36.2 Å². The molecule has 27 heavy (non-hydrogen) atoms. The van der Waals surface area contributed by atoms with Crippen LogP contribution >= 0.6 is 36.2 Å². The van der Waals surface area contributed by atoms with Crippen LogP contribution in [-0.2, 0) is 11.2 Å². The molecule has 0 fully saturated rings. The molecule has 0 bridgehead atoms. The molecule has 0 aromatic carbocycles. The van der Waals surface area contributed by atoms with Gasteiger partial charge in [-0.1, -0.05) is 13.8 Å². The highest BCUT2D eigenvalue weighted by Crippen LogP contribution is 2.18. The van der Waals surface area contributed by atoms with Crippen LogP contribution in [0.25, 0.3) is 0 Å². The van der Waals surface area contributed by atoms with E-state index >= 15 is 0 Å². The number of hydrogen-bond donors (Lipinski definition) is 3. The van der Waals surface area contributed by atoms with Crippen molar-refractivity contribution in [3.8, 4) is 0 Å². The van der Waals surface area contributed by atoms with Crippen LogP contribution in [-0.4, -0.2) is 28.9 Å². The van der Waals surface area contributed by atoms with Crippen LogP contribution in [0, 0.1) is 6.92 Å². The fraction of sp³-hybridized carbons (Fsp3) is 0.471. The molecule has 2 heterocycles. The Labute approximate surface area is 175 Å². The molecule has 7 nitrogen and oxygen atoms in total. The number of halogens is 2. The van der Waals surface area contributed by atoms with Gasteiger partial charge < -0.3 is 15.5 Å². The molecule has 10 heteroatoms. The van der Waals surface area contributed by atoms with Gasteiger partial charge in [0.1, 0.15) is 5.76 Å². The van der Waals surface area contributed by atoms with Crippen LogP contribution in [0.15, 0.2) is 22.1 Å². The first-order valence-corrected chi connectivity index (χ1v) is 9.10. The number of carbonyl (C=O) groups is 2. The topological polar surface area (TPSA) is 110 Å². The maximum absolute atomic E-state index is 12.1. The van der Waals surface area contributed by atoms with Crippen molar-refractivity contribution < 1.29 is 14.0 Å². The number of thiazole rings is 1. The summed E-state index contributed by atoms with van der Waals surface area (Å²) in [6, 6.07) is 1.60. The van der Waals surface area contributed by atoms with Gasteiger partial charge in [-0.25, -0.2) is 4.98 Å². The second-order valence-electron chi connectivity index (χ2n) is 6.01. The Morgan fingerprint density at radius 2 is 1.96 bits per heavy atom. The molecule has 4 N–H and O–H groups in total. The fourth-order valence-corrected chi connectivity index (χ4v) is 2.94. The molecule has 2 amide bonds. The van der Waals surface area contributed by atoms with Gasteiger partial charge in [0, 0.05) is 17.5 Å². The Hall–Kier alpha value is -1.61. The first-order valence-electron chi connectivity index (χ1n) is 8.22. The van der Waals surface area contributed by atoms with Gasteiger partial charge in [-0.3, -0.25) is 14.9 Å². The van der Waals surface area contributed by atoms with Crippen LogP contribution in [0.1, 0.15) is 48.5 Å². The summed E-state index contributed by atoms with van der Waals surface area (Å²) >= 11 is 1.28. The molecule has 0 unspecified atom stereocenters. The van der Waals surface area contributed by atoms with E-state index in [0.29, 0.717) is 28.7 Å². The quantitative estimate of drug-likeness (QED) is 0.587. The predicted octanol–water partition coefficient (Wildman–Crippen LogP) is 3.32. The monoisotopic (exact) mass is 436 g/mol. The largest absolute Gasteiger partial charge is 0.469 e. The summed E-state index contributed by atoms with van der Waals surface area (Å²) in [5.41, 5.74) is 6.87. The summed E-state index contributed by atoms with van der Waals surface area (Å²) < 4.78 is 5.11. The van der Waals surface area contributed by atoms with Gasteiger partial charge in [0.05, 0.1) is 23.9 Å². The molecule has 0 aliphatic heterocycles. The molecule has 2 aromatic heterocycles. The third-order valence-corrected chi connectivity index (χ3v) is 5.07. The summed E-state index contributed by atoms with van der Waals surface area (Å²) in [6.07, 6.45) is 3.21. The van der Waals surface area contributed by atoms with E-state index < -0.39 is 0 Å². The van der Waals surface area contributed by atoms with E-state index in [1.807, 2.05) is 13.8 Å². The lowest BCUT2D eigenvalue weighted by molar-refractivity contribution is -0.120. The lowest BCUT2D eigenvalue weighted by Crippen LogP contribution is -2.49. The number of hydrogen-bond acceptors (Lipinski definition) is 6. The number of nitrogens with zero attached hydrogens (tertiary/aromatic N) is 1. The van der Waals surface area contributed by atoms with Crippen LogP contribution in [0.5, 0.6) is 0 Å². The zero-order valence-corrected chi connectivity index (χ0v) is 18.0. The van der Waals surface area contributed by atoms with Crippen LogP contribution in [0.2, 0.25) is 0 Å². The van der Waals surface area contributed by atoms with Crippen molar-refractivity contribution in [1.82, 2.24) is 10.3 Å². The Morgan fingerprint density at radius 3 is 2.52 bits per heavy atom. The number of carbonyl (C=O) groups excluding carboxylic acids is 2. The minimum atomic E-state index is -0.376. The minimum Gasteiger partial charge on any atom is -0.469 e. The Morgan fingerprint density at radius 1 is 1.30 bits per heavy atom. The van der Waals surface area contributed by atoms with E-state index in [0.717, 1.165) is 12.8 Å². The summed E-state index contributed by atoms with van der Waals surface area (Å²) in [5, 5.41) is 7.77. The molecule has 0 spiro atoms. The average Bonchev–Trinajstić information content (AvgIpc) is 3.21. The molecule has 0 aliphatic rings. The zero-order chi connectivity index (χ0) is 18.4. The molecule has 0 atom stereocenters. The second kappa shape index (κ2) is 11.3. The van der Waals surface area contributed by atoms with E-state index in [-0.39, 0.29) is 48.6 Å². The van der Waals surface area contributed by atoms with E-state index in [4.69, 9.17) is 10.2 Å². The Balaban J connectivity index is 0.00000338. The lowest BCUT2D eigenvalue weighted by Gasteiger charge is -2.26. The first-order chi connectivity index (χ1) is 11.9. The van der Waals surface area contributed by atoms with Gasteiger partial charge in [0.25, 0.3) is 5.91 Å². The number of nitrogens with two attached hydrogens (primary N) is 1.